The Morgan fingerprint density at radius 1 is 1.43 bits per heavy atom. The van der Waals surface area contributed by atoms with Gasteiger partial charge in [0, 0.05) is 6.61 Å². The van der Waals surface area contributed by atoms with Crippen molar-refractivity contribution in [2.24, 2.45) is 0 Å². The number of hydrogen-bond acceptors (Lipinski definition) is 3. The first-order valence-corrected chi connectivity index (χ1v) is 6.29. The lowest BCUT2D eigenvalue weighted by Crippen LogP contribution is -2.20. The number of aromatic nitrogens is 2. The van der Waals surface area contributed by atoms with Gasteiger partial charge in [0.15, 0.2) is 0 Å². The van der Waals surface area contributed by atoms with Gasteiger partial charge in [-0.05, 0) is 18.6 Å². The lowest BCUT2D eigenvalue weighted by Gasteiger charge is -2.17. The van der Waals surface area contributed by atoms with Gasteiger partial charge in [-0.1, -0.05) is 6.07 Å². The molecule has 5 nitrogen and oxygen atoms in total. The number of benzene rings is 1. The molecule has 112 valence electrons. The quantitative estimate of drug-likeness (QED) is 0.926. The molecule has 0 bridgehead atoms. The summed E-state index contributed by atoms with van der Waals surface area (Å²) in [5, 5.41) is 9.21. The molecule has 1 aromatic heterocycles. The van der Waals surface area contributed by atoms with Crippen LogP contribution in [0.15, 0.2) is 18.2 Å². The molecule has 1 fully saturated rings. The van der Waals surface area contributed by atoms with Crippen LogP contribution in [-0.4, -0.2) is 33.8 Å². The van der Waals surface area contributed by atoms with Crippen LogP contribution in [-0.2, 0) is 10.9 Å². The van der Waals surface area contributed by atoms with E-state index >= 15 is 0 Å². The molecule has 3 rings (SSSR count). The summed E-state index contributed by atoms with van der Waals surface area (Å²) in [6, 6.07) is 3.48. The number of hydrogen-bond donors (Lipinski definition) is 1. The highest BCUT2D eigenvalue weighted by atomic mass is 19.4. The van der Waals surface area contributed by atoms with E-state index in [0.717, 1.165) is 4.57 Å². The summed E-state index contributed by atoms with van der Waals surface area (Å²) in [6.45, 7) is 0.458. The lowest BCUT2D eigenvalue weighted by atomic mass is 10.1. The number of carbonyl (C=O) groups is 1. The third-order valence-corrected chi connectivity index (χ3v) is 3.46. The smallest absolute Gasteiger partial charge is 0.449 e. The molecule has 0 saturated carbocycles. The molecule has 2 aromatic rings. The predicted octanol–water partition coefficient (Wildman–Crippen LogP) is 2.71. The summed E-state index contributed by atoms with van der Waals surface area (Å²) >= 11 is 0. The van der Waals surface area contributed by atoms with Crippen molar-refractivity contribution in [3.63, 3.8) is 0 Å². The molecule has 0 aliphatic carbocycles. The molecule has 0 amide bonds. The van der Waals surface area contributed by atoms with Crippen LogP contribution in [0.1, 0.15) is 28.6 Å². The Morgan fingerprint density at radius 2 is 2.19 bits per heavy atom. The van der Waals surface area contributed by atoms with Gasteiger partial charge in [0.05, 0.1) is 29.2 Å². The van der Waals surface area contributed by atoms with Crippen LogP contribution in [0, 0.1) is 0 Å². The molecule has 1 aromatic carbocycles. The van der Waals surface area contributed by atoms with Gasteiger partial charge in [-0.25, -0.2) is 9.78 Å². The minimum atomic E-state index is -4.66. The van der Waals surface area contributed by atoms with E-state index in [0.29, 0.717) is 13.0 Å². The molecule has 1 unspecified atom stereocenters. The summed E-state index contributed by atoms with van der Waals surface area (Å²) in [7, 11) is 0. The summed E-state index contributed by atoms with van der Waals surface area (Å²) in [4.78, 5) is 14.9. The predicted molar refractivity (Wildman–Crippen MR) is 66.2 cm³/mol. The number of carboxylic acids is 1. The first-order chi connectivity index (χ1) is 9.89. The third kappa shape index (κ3) is 2.25. The van der Waals surface area contributed by atoms with Gasteiger partial charge < -0.3 is 14.4 Å². The third-order valence-electron chi connectivity index (χ3n) is 3.46. The zero-order valence-corrected chi connectivity index (χ0v) is 10.7. The van der Waals surface area contributed by atoms with Gasteiger partial charge in [-0.15, -0.1) is 0 Å². The van der Waals surface area contributed by atoms with Crippen LogP contribution in [0.3, 0.4) is 0 Å². The fourth-order valence-electron chi connectivity index (χ4n) is 2.60. The van der Waals surface area contributed by atoms with E-state index in [1.54, 1.807) is 0 Å². The number of fused-ring (bicyclic) bond motifs is 1. The van der Waals surface area contributed by atoms with Gasteiger partial charge in [-0.3, -0.25) is 0 Å². The number of halogens is 3. The fourth-order valence-corrected chi connectivity index (χ4v) is 2.60. The summed E-state index contributed by atoms with van der Waals surface area (Å²) in [5.74, 6) is -2.36. The molecule has 1 aliphatic heterocycles. The van der Waals surface area contributed by atoms with Crippen LogP contribution in [0.2, 0.25) is 0 Å². The molecule has 1 N–H and O–H groups in total. The molecule has 8 heteroatoms. The number of ether oxygens (including phenoxy) is 1. The molecule has 1 atom stereocenters. The van der Waals surface area contributed by atoms with E-state index < -0.39 is 24.0 Å². The number of rotatable bonds is 2. The van der Waals surface area contributed by atoms with Crippen LogP contribution >= 0.6 is 0 Å². The van der Waals surface area contributed by atoms with Crippen molar-refractivity contribution in [1.82, 2.24) is 9.55 Å². The number of imidazole rings is 1. The van der Waals surface area contributed by atoms with Crippen molar-refractivity contribution in [2.75, 3.05) is 13.2 Å². The molecule has 1 aliphatic rings. The van der Waals surface area contributed by atoms with E-state index in [9.17, 15) is 23.1 Å². The Kier molecular flexibility index (Phi) is 3.12. The van der Waals surface area contributed by atoms with E-state index in [1.165, 1.54) is 18.2 Å². The SMILES string of the molecule is O=C(O)c1cccc2nc(C(F)(F)F)n(C3CCOC3)c12. The number of aromatic carboxylic acids is 1. The Morgan fingerprint density at radius 3 is 2.76 bits per heavy atom. The van der Waals surface area contributed by atoms with Gasteiger partial charge in [-0.2, -0.15) is 13.2 Å². The van der Waals surface area contributed by atoms with Crippen LogP contribution in [0.5, 0.6) is 0 Å². The number of carboxylic acid groups (broad SMARTS) is 1. The van der Waals surface area contributed by atoms with Gasteiger partial charge >= 0.3 is 12.1 Å². The Bertz CT molecular complexity index is 702. The highest BCUT2D eigenvalue weighted by Crippen LogP contribution is 2.36. The van der Waals surface area contributed by atoms with E-state index in [2.05, 4.69) is 4.98 Å². The maximum Gasteiger partial charge on any atom is 0.449 e. The Hall–Kier alpha value is -2.09. The fraction of sp³-hybridized carbons (Fsp3) is 0.385. The number of alkyl halides is 3. The molecule has 21 heavy (non-hydrogen) atoms. The monoisotopic (exact) mass is 300 g/mol. The van der Waals surface area contributed by atoms with Crippen LogP contribution in [0.25, 0.3) is 11.0 Å². The Balaban J connectivity index is 2.34. The highest BCUT2D eigenvalue weighted by molar-refractivity contribution is 6.01. The standard InChI is InChI=1S/C13H11F3N2O3/c14-13(15,16)12-17-9-3-1-2-8(11(19)20)10(9)18(12)7-4-5-21-6-7/h1-3,7H,4-6H2,(H,19,20). The molecular formula is C13H11F3N2O3. The van der Waals surface area contributed by atoms with Crippen molar-refractivity contribution in [2.45, 2.75) is 18.6 Å². The zero-order chi connectivity index (χ0) is 15.2. The van der Waals surface area contributed by atoms with Crippen molar-refractivity contribution in [3.05, 3.63) is 29.6 Å². The van der Waals surface area contributed by atoms with Crippen molar-refractivity contribution < 1.29 is 27.8 Å². The molecule has 0 radical (unpaired) electrons. The summed E-state index contributed by atoms with van der Waals surface area (Å²) in [6.07, 6.45) is -4.26. The first-order valence-electron chi connectivity index (χ1n) is 6.29. The molecule has 0 spiro atoms. The maximum atomic E-state index is 13.2. The summed E-state index contributed by atoms with van der Waals surface area (Å²) in [5.41, 5.74) is -0.177. The minimum Gasteiger partial charge on any atom is -0.478 e. The van der Waals surface area contributed by atoms with Gasteiger partial charge in [0.25, 0.3) is 0 Å². The maximum absolute atomic E-state index is 13.2. The molecule has 2 heterocycles. The average Bonchev–Trinajstić information content (AvgIpc) is 3.03. The minimum absolute atomic E-state index is 0.00664. The largest absolute Gasteiger partial charge is 0.478 e. The van der Waals surface area contributed by atoms with Crippen molar-refractivity contribution >= 4 is 17.0 Å². The van der Waals surface area contributed by atoms with E-state index in [-0.39, 0.29) is 23.2 Å². The molecular weight excluding hydrogens is 289 g/mol. The van der Waals surface area contributed by atoms with Gasteiger partial charge in [0.2, 0.25) is 5.82 Å². The van der Waals surface area contributed by atoms with Gasteiger partial charge in [0.1, 0.15) is 0 Å². The summed E-state index contributed by atoms with van der Waals surface area (Å²) < 4.78 is 45.7. The second-order valence-corrected chi connectivity index (χ2v) is 4.80. The molecule has 1 saturated heterocycles. The van der Waals surface area contributed by atoms with E-state index in [1.807, 2.05) is 0 Å². The lowest BCUT2D eigenvalue weighted by molar-refractivity contribution is -0.147. The highest BCUT2D eigenvalue weighted by Gasteiger charge is 2.40. The Labute approximate surface area is 117 Å². The van der Waals surface area contributed by atoms with Crippen molar-refractivity contribution in [1.29, 1.82) is 0 Å². The first kappa shape index (κ1) is 13.9. The average molecular weight is 300 g/mol. The normalized spacial score (nSPS) is 19.3. The number of para-hydroxylation sites is 1. The topological polar surface area (TPSA) is 64.3 Å². The second kappa shape index (κ2) is 4.73. The van der Waals surface area contributed by atoms with E-state index in [4.69, 9.17) is 4.74 Å². The zero-order valence-electron chi connectivity index (χ0n) is 10.7. The van der Waals surface area contributed by atoms with Crippen molar-refractivity contribution in [3.8, 4) is 0 Å². The van der Waals surface area contributed by atoms with Crippen LogP contribution in [0.4, 0.5) is 13.2 Å². The second-order valence-electron chi connectivity index (χ2n) is 4.80. The number of nitrogens with zero attached hydrogens (tertiary/aromatic N) is 2. The van der Waals surface area contributed by atoms with Crippen LogP contribution < -0.4 is 0 Å².